The molecule has 3 rings (SSSR count). The van der Waals surface area contributed by atoms with Crippen LogP contribution in [0.25, 0.3) is 0 Å². The third kappa shape index (κ3) is 1.60. The molecule has 1 saturated carbocycles. The van der Waals surface area contributed by atoms with Gasteiger partial charge in [-0.1, -0.05) is 27.7 Å². The Kier molecular flexibility index (Phi) is 2.65. The van der Waals surface area contributed by atoms with E-state index >= 15 is 0 Å². The van der Waals surface area contributed by atoms with Crippen molar-refractivity contribution in [3.63, 3.8) is 0 Å². The van der Waals surface area contributed by atoms with Crippen molar-refractivity contribution in [3.8, 4) is 0 Å². The van der Waals surface area contributed by atoms with Gasteiger partial charge in [-0.3, -0.25) is 10.1 Å². The van der Waals surface area contributed by atoms with Gasteiger partial charge in [0.25, 0.3) is 5.70 Å². The molecule has 0 aromatic heterocycles. The molecule has 0 unspecified atom stereocenters. The van der Waals surface area contributed by atoms with E-state index in [2.05, 4.69) is 53.8 Å². The first-order valence-electron chi connectivity index (χ1n) is 6.58. The molecule has 6 heteroatoms. The van der Waals surface area contributed by atoms with Crippen LogP contribution in [0.5, 0.6) is 0 Å². The Hall–Kier alpha value is -1.30. The van der Waals surface area contributed by atoms with Crippen LogP contribution < -0.4 is 0 Å². The summed E-state index contributed by atoms with van der Waals surface area (Å²) < 4.78 is 0.885. The second-order valence-electron chi connectivity index (χ2n) is 6.88. The lowest BCUT2D eigenvalue weighted by Gasteiger charge is -2.27. The van der Waals surface area contributed by atoms with Crippen LogP contribution in [0.1, 0.15) is 34.1 Å². The van der Waals surface area contributed by atoms with Crippen LogP contribution in [-0.4, -0.2) is 16.8 Å². The molecule has 5 nitrogen and oxygen atoms in total. The second kappa shape index (κ2) is 3.87. The molecule has 1 fully saturated rings. The van der Waals surface area contributed by atoms with Crippen molar-refractivity contribution in [2.24, 2.45) is 27.0 Å². The van der Waals surface area contributed by atoms with Crippen LogP contribution in [-0.2, 0) is 0 Å². The SMILES string of the molecule is CC1(C)CC(C)(C)C2=C([N+](=O)[O-])[C@@H]3C=NN=C3C(Br)=C21. The molecule has 0 aromatic rings. The quantitative estimate of drug-likeness (QED) is 0.540. The molecule has 0 saturated heterocycles. The standard InChI is InChI=1S/C14H16BrN3O2/c1-13(2)6-14(3,4)9-8(13)10(15)11-7(5-16-17-11)12(9)18(19)20/h5,7H,6H2,1-4H3/t7-/m1/s1. The van der Waals surface area contributed by atoms with Gasteiger partial charge in [0.15, 0.2) is 0 Å². The Morgan fingerprint density at radius 3 is 2.50 bits per heavy atom. The molecular weight excluding hydrogens is 322 g/mol. The van der Waals surface area contributed by atoms with Gasteiger partial charge in [0.05, 0.1) is 10.6 Å². The van der Waals surface area contributed by atoms with Crippen LogP contribution in [0.4, 0.5) is 0 Å². The lowest BCUT2D eigenvalue weighted by molar-refractivity contribution is -0.430. The summed E-state index contributed by atoms with van der Waals surface area (Å²) in [6.45, 7) is 8.42. The van der Waals surface area contributed by atoms with E-state index in [1.807, 2.05) is 0 Å². The minimum absolute atomic E-state index is 0.116. The minimum atomic E-state index is -0.425. The molecular formula is C14H16BrN3O2. The smallest absolute Gasteiger partial charge is 0.259 e. The summed E-state index contributed by atoms with van der Waals surface area (Å²) in [4.78, 5) is 11.4. The van der Waals surface area contributed by atoms with Gasteiger partial charge in [-0.05, 0) is 38.8 Å². The van der Waals surface area contributed by atoms with E-state index in [0.29, 0.717) is 5.71 Å². The molecule has 1 aliphatic heterocycles. The van der Waals surface area contributed by atoms with Crippen molar-refractivity contribution in [1.82, 2.24) is 0 Å². The van der Waals surface area contributed by atoms with Gasteiger partial charge in [0, 0.05) is 16.3 Å². The number of rotatable bonds is 1. The molecule has 20 heavy (non-hydrogen) atoms. The summed E-state index contributed by atoms with van der Waals surface area (Å²) in [5.74, 6) is -0.425. The highest BCUT2D eigenvalue weighted by Gasteiger charge is 2.55. The van der Waals surface area contributed by atoms with E-state index in [0.717, 1.165) is 22.0 Å². The zero-order valence-electron chi connectivity index (χ0n) is 11.9. The van der Waals surface area contributed by atoms with Gasteiger partial charge in [-0.15, -0.1) is 0 Å². The Morgan fingerprint density at radius 2 is 1.90 bits per heavy atom. The summed E-state index contributed by atoms with van der Waals surface area (Å²) in [5.41, 5.74) is 2.46. The zero-order chi connectivity index (χ0) is 14.9. The maximum absolute atomic E-state index is 11.6. The van der Waals surface area contributed by atoms with Crippen LogP contribution >= 0.6 is 15.9 Å². The van der Waals surface area contributed by atoms with Crippen molar-refractivity contribution in [1.29, 1.82) is 0 Å². The summed E-state index contributed by atoms with van der Waals surface area (Å²) in [6.07, 6.45) is 2.45. The largest absolute Gasteiger partial charge is 0.264 e. The van der Waals surface area contributed by atoms with Crippen LogP contribution in [0.2, 0.25) is 0 Å². The zero-order valence-corrected chi connectivity index (χ0v) is 13.5. The first-order chi connectivity index (χ1) is 9.17. The van der Waals surface area contributed by atoms with E-state index in [1.54, 1.807) is 6.21 Å². The molecule has 0 radical (unpaired) electrons. The monoisotopic (exact) mass is 337 g/mol. The summed E-state index contributed by atoms with van der Waals surface area (Å²) >= 11 is 3.62. The number of nitrogens with zero attached hydrogens (tertiary/aromatic N) is 3. The van der Waals surface area contributed by atoms with Crippen molar-refractivity contribution in [3.05, 3.63) is 31.4 Å². The molecule has 1 heterocycles. The normalized spacial score (nSPS) is 29.4. The van der Waals surface area contributed by atoms with E-state index < -0.39 is 5.92 Å². The molecule has 0 amide bonds. The van der Waals surface area contributed by atoms with Gasteiger partial charge < -0.3 is 0 Å². The lowest BCUT2D eigenvalue weighted by Crippen LogP contribution is -2.30. The first kappa shape index (κ1) is 13.7. The van der Waals surface area contributed by atoms with Crippen molar-refractivity contribution >= 4 is 27.9 Å². The minimum Gasteiger partial charge on any atom is -0.259 e. The maximum Gasteiger partial charge on any atom is 0.264 e. The number of nitro groups is 1. The van der Waals surface area contributed by atoms with Gasteiger partial charge >= 0.3 is 0 Å². The van der Waals surface area contributed by atoms with Gasteiger partial charge in [0.2, 0.25) is 0 Å². The molecule has 0 spiro atoms. The predicted octanol–water partition coefficient (Wildman–Crippen LogP) is 3.69. The molecule has 0 bridgehead atoms. The highest BCUT2D eigenvalue weighted by atomic mass is 79.9. The molecule has 0 aromatic carbocycles. The average Bonchev–Trinajstić information content (AvgIpc) is 2.80. The van der Waals surface area contributed by atoms with Gasteiger partial charge in [0.1, 0.15) is 5.92 Å². The Balaban J connectivity index is 2.39. The third-order valence-electron chi connectivity index (χ3n) is 4.36. The van der Waals surface area contributed by atoms with Crippen LogP contribution in [0, 0.1) is 26.9 Å². The molecule has 1 atom stereocenters. The average molecular weight is 338 g/mol. The summed E-state index contributed by atoms with van der Waals surface area (Å²) in [5, 5.41) is 19.6. The lowest BCUT2D eigenvalue weighted by atomic mass is 9.78. The van der Waals surface area contributed by atoms with Crippen LogP contribution in [0.15, 0.2) is 31.5 Å². The van der Waals surface area contributed by atoms with Crippen LogP contribution in [0.3, 0.4) is 0 Å². The fraction of sp³-hybridized carbons (Fsp3) is 0.571. The van der Waals surface area contributed by atoms with E-state index in [9.17, 15) is 10.1 Å². The van der Waals surface area contributed by atoms with Gasteiger partial charge in [-0.2, -0.15) is 10.2 Å². The summed E-state index contributed by atoms with van der Waals surface area (Å²) in [6, 6.07) is 0. The van der Waals surface area contributed by atoms with E-state index in [4.69, 9.17) is 0 Å². The van der Waals surface area contributed by atoms with E-state index in [-0.39, 0.29) is 21.5 Å². The number of hydrogen-bond donors (Lipinski definition) is 0. The molecule has 0 N–H and O–H groups in total. The number of fused-ring (bicyclic) bond motifs is 2. The second-order valence-corrected chi connectivity index (χ2v) is 7.67. The topological polar surface area (TPSA) is 67.9 Å². The number of hydrogen-bond acceptors (Lipinski definition) is 4. The fourth-order valence-corrected chi connectivity index (χ4v) is 5.06. The number of halogens is 1. The Bertz CT molecular complexity index is 653. The van der Waals surface area contributed by atoms with Crippen molar-refractivity contribution in [2.75, 3.05) is 0 Å². The third-order valence-corrected chi connectivity index (χ3v) is 5.16. The van der Waals surface area contributed by atoms with Crippen molar-refractivity contribution in [2.45, 2.75) is 34.1 Å². The number of allylic oxidation sites excluding steroid dienone is 4. The summed E-state index contributed by atoms with van der Waals surface area (Å²) in [7, 11) is 0. The van der Waals surface area contributed by atoms with Crippen molar-refractivity contribution < 1.29 is 4.92 Å². The maximum atomic E-state index is 11.6. The predicted molar refractivity (Wildman–Crippen MR) is 81.6 cm³/mol. The van der Waals surface area contributed by atoms with E-state index in [1.165, 1.54) is 0 Å². The molecule has 3 aliphatic rings. The first-order valence-corrected chi connectivity index (χ1v) is 7.37. The Labute approximate surface area is 125 Å². The molecule has 2 aliphatic carbocycles. The fourth-order valence-electron chi connectivity index (χ4n) is 4.00. The molecule has 106 valence electrons. The van der Waals surface area contributed by atoms with Gasteiger partial charge in [-0.25, -0.2) is 0 Å². The Morgan fingerprint density at radius 1 is 1.30 bits per heavy atom. The highest BCUT2D eigenvalue weighted by molar-refractivity contribution is 9.12. The highest BCUT2D eigenvalue weighted by Crippen LogP contribution is 2.61.